The molecule has 54 heavy (non-hydrogen) atoms. The van der Waals surface area contributed by atoms with Crippen LogP contribution in [-0.4, -0.2) is 70.0 Å². The van der Waals surface area contributed by atoms with Gasteiger partial charge in [-0.1, -0.05) is 140 Å². The molecule has 316 valence electrons. The van der Waals surface area contributed by atoms with Gasteiger partial charge < -0.3 is 27.9 Å². The fourth-order valence-corrected chi connectivity index (χ4v) is 6.39. The number of quaternary nitrogens is 1. The van der Waals surface area contributed by atoms with Crippen LogP contribution >= 0.6 is 7.82 Å². The molecule has 0 saturated heterocycles. The topological polar surface area (TPSA) is 111 Å². The third-order valence-electron chi connectivity index (χ3n) is 9.13. The van der Waals surface area contributed by atoms with Crippen LogP contribution in [0.15, 0.2) is 36.5 Å². The van der Waals surface area contributed by atoms with Gasteiger partial charge in [-0.3, -0.25) is 14.2 Å². The molecule has 0 heterocycles. The summed E-state index contributed by atoms with van der Waals surface area (Å²) in [5.74, 6) is -0.860. The van der Waals surface area contributed by atoms with Gasteiger partial charge in [0, 0.05) is 12.8 Å². The average Bonchev–Trinajstić information content (AvgIpc) is 3.12. The second-order valence-electron chi connectivity index (χ2n) is 15.7. The van der Waals surface area contributed by atoms with Crippen molar-refractivity contribution < 1.29 is 42.1 Å². The number of phosphoric ester groups is 1. The number of hydrogen-bond donors (Lipinski definition) is 0. The van der Waals surface area contributed by atoms with Gasteiger partial charge in [0.1, 0.15) is 19.8 Å². The zero-order chi connectivity index (χ0) is 40.0. The third-order valence-corrected chi connectivity index (χ3v) is 10.1. The SMILES string of the molecule is CCCC/C=C\C/C=C\CCCCCCCC(=O)OC(COC(=O)CCCCCCC/C=C\CCCCCCCCC)COP(=O)([O-])OCC[N+](C)(C)C. The molecule has 0 aromatic heterocycles. The van der Waals surface area contributed by atoms with Crippen LogP contribution in [0.3, 0.4) is 0 Å². The maximum atomic E-state index is 12.6. The summed E-state index contributed by atoms with van der Waals surface area (Å²) in [5, 5.41) is 0. The van der Waals surface area contributed by atoms with Crippen LogP contribution < -0.4 is 4.89 Å². The van der Waals surface area contributed by atoms with Crippen LogP contribution in [0.25, 0.3) is 0 Å². The van der Waals surface area contributed by atoms with Gasteiger partial charge in [0.2, 0.25) is 0 Å². The summed E-state index contributed by atoms with van der Waals surface area (Å²) in [5.41, 5.74) is 0. The Morgan fingerprint density at radius 2 is 1.02 bits per heavy atom. The molecule has 0 aliphatic carbocycles. The summed E-state index contributed by atoms with van der Waals surface area (Å²) in [7, 11) is 1.15. The molecule has 0 bridgehead atoms. The van der Waals surface area contributed by atoms with E-state index in [0.717, 1.165) is 83.5 Å². The number of carbonyl (C=O) groups excluding carboxylic acids is 2. The van der Waals surface area contributed by atoms with E-state index in [9.17, 15) is 19.0 Å². The molecule has 0 aliphatic heterocycles. The Labute approximate surface area is 331 Å². The summed E-state index contributed by atoms with van der Waals surface area (Å²) in [6.45, 7) is 4.15. The molecule has 0 N–H and O–H groups in total. The monoisotopic (exact) mass is 784 g/mol. The number of phosphoric acid groups is 1. The Hall–Kier alpha value is -1.77. The maximum Gasteiger partial charge on any atom is 0.306 e. The second kappa shape index (κ2) is 36.8. The lowest BCUT2D eigenvalue weighted by atomic mass is 10.1. The summed E-state index contributed by atoms with van der Waals surface area (Å²) in [6.07, 6.45) is 40.2. The minimum Gasteiger partial charge on any atom is -0.756 e. The molecular formula is C44H82NO8P. The first-order valence-electron chi connectivity index (χ1n) is 21.7. The van der Waals surface area contributed by atoms with Gasteiger partial charge in [-0.25, -0.2) is 0 Å². The van der Waals surface area contributed by atoms with Crippen LogP contribution in [0.2, 0.25) is 0 Å². The van der Waals surface area contributed by atoms with Crippen LogP contribution in [0.5, 0.6) is 0 Å². The Kier molecular flexibility index (Phi) is 35.6. The molecule has 0 saturated carbocycles. The van der Waals surface area contributed by atoms with E-state index in [2.05, 4.69) is 50.3 Å². The number of carbonyl (C=O) groups is 2. The number of esters is 2. The van der Waals surface area contributed by atoms with Crippen molar-refractivity contribution in [1.29, 1.82) is 0 Å². The normalized spacial score (nSPS) is 14.0. The Morgan fingerprint density at radius 1 is 0.574 bits per heavy atom. The fraction of sp³-hybridized carbons (Fsp3) is 0.818. The van der Waals surface area contributed by atoms with E-state index in [0.29, 0.717) is 17.4 Å². The highest BCUT2D eigenvalue weighted by Gasteiger charge is 2.21. The number of ether oxygens (including phenoxy) is 2. The summed E-state index contributed by atoms with van der Waals surface area (Å²) in [4.78, 5) is 37.5. The summed E-state index contributed by atoms with van der Waals surface area (Å²) < 4.78 is 33.8. The molecule has 0 amide bonds. The van der Waals surface area contributed by atoms with Gasteiger partial charge in [0.05, 0.1) is 27.7 Å². The first-order chi connectivity index (χ1) is 26.0. The minimum absolute atomic E-state index is 0.0352. The molecule has 0 aliphatic rings. The highest BCUT2D eigenvalue weighted by molar-refractivity contribution is 7.45. The smallest absolute Gasteiger partial charge is 0.306 e. The molecular weight excluding hydrogens is 701 g/mol. The average molecular weight is 784 g/mol. The zero-order valence-electron chi connectivity index (χ0n) is 35.4. The highest BCUT2D eigenvalue weighted by Crippen LogP contribution is 2.38. The van der Waals surface area contributed by atoms with E-state index in [-0.39, 0.29) is 26.1 Å². The fourth-order valence-electron chi connectivity index (χ4n) is 5.66. The van der Waals surface area contributed by atoms with E-state index in [4.69, 9.17) is 18.5 Å². The zero-order valence-corrected chi connectivity index (χ0v) is 36.3. The molecule has 10 heteroatoms. The second-order valence-corrected chi connectivity index (χ2v) is 17.1. The highest BCUT2D eigenvalue weighted by atomic mass is 31.2. The molecule has 2 atom stereocenters. The summed E-state index contributed by atoms with van der Waals surface area (Å²) >= 11 is 0. The third kappa shape index (κ3) is 39.9. The van der Waals surface area contributed by atoms with Gasteiger partial charge in [-0.2, -0.15) is 0 Å². The van der Waals surface area contributed by atoms with Crippen LogP contribution in [-0.2, 0) is 32.7 Å². The van der Waals surface area contributed by atoms with Crippen molar-refractivity contribution in [3.8, 4) is 0 Å². The van der Waals surface area contributed by atoms with E-state index in [1.807, 2.05) is 21.1 Å². The van der Waals surface area contributed by atoms with Crippen molar-refractivity contribution in [1.82, 2.24) is 0 Å². The molecule has 0 aromatic carbocycles. The van der Waals surface area contributed by atoms with Gasteiger partial charge >= 0.3 is 11.9 Å². The van der Waals surface area contributed by atoms with E-state index in [1.54, 1.807) is 0 Å². The predicted molar refractivity (Wildman–Crippen MR) is 222 cm³/mol. The molecule has 0 rings (SSSR count). The minimum atomic E-state index is -4.63. The van der Waals surface area contributed by atoms with Crippen molar-refractivity contribution in [2.45, 2.75) is 187 Å². The number of unbranched alkanes of at least 4 members (excludes halogenated alkanes) is 19. The Bertz CT molecular complexity index is 1020. The number of likely N-dealkylation sites (N-methyl/N-ethyl adjacent to an activating group) is 1. The molecule has 0 aromatic rings. The quantitative estimate of drug-likeness (QED) is 0.0199. The van der Waals surface area contributed by atoms with Crippen molar-refractivity contribution >= 4 is 19.8 Å². The first kappa shape index (κ1) is 52.2. The van der Waals surface area contributed by atoms with Crippen LogP contribution in [0.1, 0.15) is 181 Å². The maximum absolute atomic E-state index is 12.6. The van der Waals surface area contributed by atoms with Gasteiger partial charge in [-0.15, -0.1) is 0 Å². The molecule has 9 nitrogen and oxygen atoms in total. The van der Waals surface area contributed by atoms with Crippen LogP contribution in [0.4, 0.5) is 0 Å². The summed E-state index contributed by atoms with van der Waals surface area (Å²) in [6, 6.07) is 0. The lowest BCUT2D eigenvalue weighted by Gasteiger charge is -2.28. The van der Waals surface area contributed by atoms with Gasteiger partial charge in [0.15, 0.2) is 6.10 Å². The lowest BCUT2D eigenvalue weighted by molar-refractivity contribution is -0.870. The predicted octanol–water partition coefficient (Wildman–Crippen LogP) is 11.5. The lowest BCUT2D eigenvalue weighted by Crippen LogP contribution is -2.37. The molecule has 0 radical (unpaired) electrons. The molecule has 0 fully saturated rings. The molecule has 0 spiro atoms. The van der Waals surface area contributed by atoms with E-state index >= 15 is 0 Å². The number of allylic oxidation sites excluding steroid dienone is 6. The number of hydrogen-bond acceptors (Lipinski definition) is 8. The van der Waals surface area contributed by atoms with Crippen molar-refractivity contribution in [2.24, 2.45) is 0 Å². The van der Waals surface area contributed by atoms with Crippen molar-refractivity contribution in [3.05, 3.63) is 36.5 Å². The molecule has 2 unspecified atom stereocenters. The standard InChI is InChI=1S/C44H82NO8P/c1-6-8-10-12-14-16-18-20-22-23-25-26-28-30-32-34-36-43(46)50-40-42(41-52-54(48,49)51-39-38-45(3,4)5)53-44(47)37-35-33-31-29-27-24-21-19-17-15-13-11-9-7-2/h13,15,19,21-23,42H,6-12,14,16-18,20,24-41H2,1-5H3/b15-13-,21-19-,23-22-. The first-order valence-corrected chi connectivity index (χ1v) is 23.2. The van der Waals surface area contributed by atoms with Gasteiger partial charge in [-0.05, 0) is 64.2 Å². The van der Waals surface area contributed by atoms with Crippen molar-refractivity contribution in [3.63, 3.8) is 0 Å². The largest absolute Gasteiger partial charge is 0.756 e. The number of rotatable bonds is 39. The number of nitrogens with zero attached hydrogens (tertiary/aromatic N) is 1. The Morgan fingerprint density at radius 3 is 1.54 bits per heavy atom. The Balaban J connectivity index is 4.40. The van der Waals surface area contributed by atoms with E-state index in [1.165, 1.54) is 64.2 Å². The van der Waals surface area contributed by atoms with Crippen LogP contribution in [0, 0.1) is 0 Å². The van der Waals surface area contributed by atoms with E-state index < -0.39 is 32.5 Å². The van der Waals surface area contributed by atoms with Crippen molar-refractivity contribution in [2.75, 3.05) is 47.5 Å². The van der Waals surface area contributed by atoms with Gasteiger partial charge in [0.25, 0.3) is 7.82 Å².